The molecule has 2 N–H and O–H groups in total. The summed E-state index contributed by atoms with van der Waals surface area (Å²) in [5, 5.41) is 0.734. The molecule has 1 saturated heterocycles. The van der Waals surface area contributed by atoms with Crippen LogP contribution in [-0.2, 0) is 4.79 Å². The molecule has 1 aromatic carbocycles. The third-order valence-corrected chi connectivity index (χ3v) is 3.93. The van der Waals surface area contributed by atoms with Crippen molar-refractivity contribution in [3.63, 3.8) is 0 Å². The number of amides is 1. The van der Waals surface area contributed by atoms with Gasteiger partial charge in [-0.1, -0.05) is 11.6 Å². The molecular formula is C15H21ClN2O2. The second-order valence-corrected chi connectivity index (χ2v) is 5.66. The Morgan fingerprint density at radius 2 is 2.35 bits per heavy atom. The molecule has 110 valence electrons. The van der Waals surface area contributed by atoms with Crippen LogP contribution in [0.25, 0.3) is 0 Å². The molecule has 0 aromatic heterocycles. The Morgan fingerprint density at radius 3 is 3.00 bits per heavy atom. The lowest BCUT2D eigenvalue weighted by Crippen LogP contribution is -2.31. The minimum absolute atomic E-state index is 0.146. The molecule has 1 amide bonds. The number of likely N-dealkylation sites (tertiary alicyclic amines) is 1. The third kappa shape index (κ3) is 4.12. The van der Waals surface area contributed by atoms with Crippen LogP contribution in [0.5, 0.6) is 5.75 Å². The molecule has 20 heavy (non-hydrogen) atoms. The first-order valence-electron chi connectivity index (χ1n) is 6.98. The highest BCUT2D eigenvalue weighted by Gasteiger charge is 2.22. The molecule has 4 nitrogen and oxygen atoms in total. The van der Waals surface area contributed by atoms with Gasteiger partial charge in [0, 0.05) is 30.6 Å². The highest BCUT2D eigenvalue weighted by Crippen LogP contribution is 2.21. The van der Waals surface area contributed by atoms with Gasteiger partial charge in [0.1, 0.15) is 5.75 Å². The van der Waals surface area contributed by atoms with E-state index in [0.717, 1.165) is 29.3 Å². The quantitative estimate of drug-likeness (QED) is 0.849. The van der Waals surface area contributed by atoms with Crippen molar-refractivity contribution in [2.24, 2.45) is 5.73 Å². The van der Waals surface area contributed by atoms with E-state index in [1.807, 2.05) is 30.0 Å². The minimum Gasteiger partial charge on any atom is -0.494 e. The van der Waals surface area contributed by atoms with E-state index in [9.17, 15) is 4.79 Å². The summed E-state index contributed by atoms with van der Waals surface area (Å²) >= 11 is 5.95. The summed E-state index contributed by atoms with van der Waals surface area (Å²) in [6.07, 6.45) is 2.14. The van der Waals surface area contributed by atoms with Gasteiger partial charge in [-0.2, -0.15) is 0 Å². The van der Waals surface area contributed by atoms with Gasteiger partial charge in [0.25, 0.3) is 0 Å². The monoisotopic (exact) mass is 296 g/mol. The van der Waals surface area contributed by atoms with Gasteiger partial charge in [-0.25, -0.2) is 0 Å². The highest BCUT2D eigenvalue weighted by atomic mass is 35.5. The van der Waals surface area contributed by atoms with Crippen molar-refractivity contribution in [1.29, 1.82) is 0 Å². The van der Waals surface area contributed by atoms with Crippen LogP contribution in [0.4, 0.5) is 0 Å². The average molecular weight is 297 g/mol. The number of carbonyl (C=O) groups is 1. The predicted octanol–water partition coefficient (Wildman–Crippen LogP) is 2.37. The van der Waals surface area contributed by atoms with Gasteiger partial charge < -0.3 is 15.4 Å². The fraction of sp³-hybridized carbons (Fsp3) is 0.533. The predicted molar refractivity (Wildman–Crippen MR) is 80.1 cm³/mol. The molecule has 1 aromatic rings. The molecule has 1 fully saturated rings. The largest absolute Gasteiger partial charge is 0.494 e. The number of nitrogens with two attached hydrogens (primary N) is 1. The summed E-state index contributed by atoms with van der Waals surface area (Å²) in [5.74, 6) is 0.969. The Balaban J connectivity index is 1.68. The van der Waals surface area contributed by atoms with Crippen molar-refractivity contribution in [3.05, 3.63) is 28.8 Å². The second-order valence-electron chi connectivity index (χ2n) is 5.25. The van der Waals surface area contributed by atoms with Crippen molar-refractivity contribution >= 4 is 17.5 Å². The number of halogens is 1. The molecule has 0 bridgehead atoms. The lowest BCUT2D eigenvalue weighted by atomic mass is 10.2. The van der Waals surface area contributed by atoms with Crippen LogP contribution >= 0.6 is 11.6 Å². The lowest BCUT2D eigenvalue weighted by Gasteiger charge is -2.15. The molecule has 1 unspecified atom stereocenters. The zero-order chi connectivity index (χ0) is 14.5. The van der Waals surface area contributed by atoms with Gasteiger partial charge >= 0.3 is 0 Å². The Morgan fingerprint density at radius 1 is 1.55 bits per heavy atom. The minimum atomic E-state index is 0.146. The normalized spacial score (nSPS) is 18.4. The smallest absolute Gasteiger partial charge is 0.222 e. The molecule has 5 heteroatoms. The van der Waals surface area contributed by atoms with Gasteiger partial charge in [-0.3, -0.25) is 4.79 Å². The van der Waals surface area contributed by atoms with E-state index in [0.29, 0.717) is 26.0 Å². The van der Waals surface area contributed by atoms with Gasteiger partial charge in [-0.05, 0) is 43.5 Å². The SMILES string of the molecule is Cc1cc(OCCCC(=O)N2CCC(N)C2)ccc1Cl. The lowest BCUT2D eigenvalue weighted by molar-refractivity contribution is -0.130. The average Bonchev–Trinajstić information content (AvgIpc) is 2.85. The van der Waals surface area contributed by atoms with Gasteiger partial charge in [0.05, 0.1) is 6.61 Å². The second kappa shape index (κ2) is 6.95. The number of nitrogens with zero attached hydrogens (tertiary/aromatic N) is 1. The summed E-state index contributed by atoms with van der Waals surface area (Å²) in [6, 6.07) is 5.72. The fourth-order valence-electron chi connectivity index (χ4n) is 2.29. The number of hydrogen-bond acceptors (Lipinski definition) is 3. The van der Waals surface area contributed by atoms with Crippen molar-refractivity contribution in [3.8, 4) is 5.75 Å². The maximum absolute atomic E-state index is 11.9. The van der Waals surface area contributed by atoms with Crippen LogP contribution in [0.15, 0.2) is 18.2 Å². The molecule has 1 aliphatic rings. The highest BCUT2D eigenvalue weighted by molar-refractivity contribution is 6.31. The molecule has 0 radical (unpaired) electrons. The number of carbonyl (C=O) groups excluding carboxylic acids is 1. The van der Waals surface area contributed by atoms with Gasteiger partial charge in [0.15, 0.2) is 0 Å². The van der Waals surface area contributed by atoms with Gasteiger partial charge in [-0.15, -0.1) is 0 Å². The molecule has 1 heterocycles. The summed E-state index contributed by atoms with van der Waals surface area (Å²) in [5.41, 5.74) is 6.78. The Labute approximate surface area is 124 Å². The van der Waals surface area contributed by atoms with Gasteiger partial charge in [0.2, 0.25) is 5.91 Å². The molecule has 0 aliphatic carbocycles. The zero-order valence-corrected chi connectivity index (χ0v) is 12.5. The number of aryl methyl sites for hydroxylation is 1. The fourth-order valence-corrected chi connectivity index (χ4v) is 2.41. The number of rotatable bonds is 5. The van der Waals surface area contributed by atoms with E-state index in [2.05, 4.69) is 0 Å². The van der Waals surface area contributed by atoms with E-state index in [1.54, 1.807) is 0 Å². The van der Waals surface area contributed by atoms with Crippen LogP contribution in [0.2, 0.25) is 5.02 Å². The van der Waals surface area contributed by atoms with Crippen LogP contribution in [0, 0.1) is 6.92 Å². The molecule has 2 rings (SSSR count). The van der Waals surface area contributed by atoms with Crippen LogP contribution in [0.1, 0.15) is 24.8 Å². The molecule has 0 saturated carbocycles. The first kappa shape index (κ1) is 15.1. The first-order chi connectivity index (χ1) is 9.56. The number of hydrogen-bond donors (Lipinski definition) is 1. The van der Waals surface area contributed by atoms with E-state index in [-0.39, 0.29) is 11.9 Å². The first-order valence-corrected chi connectivity index (χ1v) is 7.36. The van der Waals surface area contributed by atoms with Crippen molar-refractivity contribution in [2.45, 2.75) is 32.2 Å². The van der Waals surface area contributed by atoms with Crippen LogP contribution in [-0.4, -0.2) is 36.5 Å². The number of ether oxygens (including phenoxy) is 1. The Bertz CT molecular complexity index is 479. The Kier molecular flexibility index (Phi) is 5.26. The topological polar surface area (TPSA) is 55.6 Å². The third-order valence-electron chi connectivity index (χ3n) is 3.51. The summed E-state index contributed by atoms with van der Waals surface area (Å²) in [4.78, 5) is 13.7. The van der Waals surface area contributed by atoms with E-state index >= 15 is 0 Å². The molecule has 1 aliphatic heterocycles. The summed E-state index contributed by atoms with van der Waals surface area (Å²) in [7, 11) is 0. The zero-order valence-electron chi connectivity index (χ0n) is 11.8. The molecule has 0 spiro atoms. The van der Waals surface area contributed by atoms with E-state index < -0.39 is 0 Å². The van der Waals surface area contributed by atoms with Crippen molar-refractivity contribution in [2.75, 3.05) is 19.7 Å². The maximum atomic E-state index is 11.9. The van der Waals surface area contributed by atoms with Crippen molar-refractivity contribution < 1.29 is 9.53 Å². The summed E-state index contributed by atoms with van der Waals surface area (Å²) in [6.45, 7) is 3.95. The van der Waals surface area contributed by atoms with E-state index in [1.165, 1.54) is 0 Å². The standard InChI is InChI=1S/C15H21ClN2O2/c1-11-9-13(4-5-14(11)16)20-8-2-3-15(19)18-7-6-12(17)10-18/h4-5,9,12H,2-3,6-8,10,17H2,1H3. The number of benzene rings is 1. The molecular weight excluding hydrogens is 276 g/mol. The van der Waals surface area contributed by atoms with E-state index in [4.69, 9.17) is 22.1 Å². The summed E-state index contributed by atoms with van der Waals surface area (Å²) < 4.78 is 5.62. The Hall–Kier alpha value is -1.26. The molecule has 1 atom stereocenters. The van der Waals surface area contributed by atoms with Crippen LogP contribution in [0.3, 0.4) is 0 Å². The van der Waals surface area contributed by atoms with Crippen molar-refractivity contribution in [1.82, 2.24) is 4.90 Å². The maximum Gasteiger partial charge on any atom is 0.222 e. The van der Waals surface area contributed by atoms with Crippen LogP contribution < -0.4 is 10.5 Å².